The van der Waals surface area contributed by atoms with Crippen LogP contribution in [-0.2, 0) is 14.3 Å². The van der Waals surface area contributed by atoms with E-state index in [-0.39, 0.29) is 36.8 Å². The molecule has 0 spiro atoms. The van der Waals surface area contributed by atoms with E-state index in [1.807, 2.05) is 0 Å². The van der Waals surface area contributed by atoms with E-state index in [0.29, 0.717) is 28.5 Å². The van der Waals surface area contributed by atoms with Crippen LogP contribution >= 0.6 is 11.6 Å². The summed E-state index contributed by atoms with van der Waals surface area (Å²) in [5, 5.41) is 6.23. The number of benzene rings is 2. The predicted octanol–water partition coefficient (Wildman–Crippen LogP) is 3.24. The van der Waals surface area contributed by atoms with Crippen molar-refractivity contribution in [3.63, 3.8) is 0 Å². The van der Waals surface area contributed by atoms with Crippen LogP contribution in [0.2, 0.25) is 5.02 Å². The molecule has 0 saturated carbocycles. The summed E-state index contributed by atoms with van der Waals surface area (Å²) in [4.78, 5) is 39.6. The summed E-state index contributed by atoms with van der Waals surface area (Å²) in [5.74, 6) is -1.22. The van der Waals surface area contributed by atoms with Gasteiger partial charge in [0.05, 0.1) is 23.3 Å². The van der Waals surface area contributed by atoms with Gasteiger partial charge in [-0.15, -0.1) is 0 Å². The number of para-hydroxylation sites is 1. The summed E-state index contributed by atoms with van der Waals surface area (Å²) in [6.07, 6.45) is 2.07. The molecule has 0 radical (unpaired) electrons. The SMILES string of the molecule is O=C(NC[C@H]1CCCO1)c1ccccc1NC(=O)[C@@H]1CC(=O)N(c2cccc(Cl)c2)C1. The average molecular weight is 442 g/mol. The van der Waals surface area contributed by atoms with E-state index in [4.69, 9.17) is 16.3 Å². The van der Waals surface area contributed by atoms with Crippen LogP contribution in [0.15, 0.2) is 48.5 Å². The number of halogens is 1. The van der Waals surface area contributed by atoms with Crippen molar-refractivity contribution in [2.45, 2.75) is 25.4 Å². The Morgan fingerprint density at radius 1 is 1.16 bits per heavy atom. The van der Waals surface area contributed by atoms with Crippen LogP contribution in [0.1, 0.15) is 29.6 Å². The number of nitrogens with one attached hydrogen (secondary N) is 2. The summed E-state index contributed by atoms with van der Waals surface area (Å²) in [7, 11) is 0. The lowest BCUT2D eigenvalue weighted by molar-refractivity contribution is -0.122. The Balaban J connectivity index is 1.40. The minimum atomic E-state index is -0.519. The maximum Gasteiger partial charge on any atom is 0.253 e. The molecule has 0 aliphatic carbocycles. The summed E-state index contributed by atoms with van der Waals surface area (Å²) in [5.41, 5.74) is 1.47. The van der Waals surface area contributed by atoms with E-state index in [0.717, 1.165) is 19.4 Å². The molecule has 2 atom stereocenters. The Hall–Kier alpha value is -2.90. The van der Waals surface area contributed by atoms with Gasteiger partial charge in [-0.25, -0.2) is 0 Å². The van der Waals surface area contributed by atoms with Crippen LogP contribution in [-0.4, -0.2) is 43.5 Å². The normalized spacial score (nSPS) is 20.7. The molecule has 2 aliphatic heterocycles. The monoisotopic (exact) mass is 441 g/mol. The van der Waals surface area contributed by atoms with Crippen molar-refractivity contribution in [1.82, 2.24) is 5.32 Å². The molecule has 2 N–H and O–H groups in total. The number of anilines is 2. The van der Waals surface area contributed by atoms with Crippen LogP contribution in [0, 0.1) is 5.92 Å². The van der Waals surface area contributed by atoms with Crippen LogP contribution in [0.3, 0.4) is 0 Å². The van der Waals surface area contributed by atoms with Gasteiger partial charge in [0.2, 0.25) is 11.8 Å². The van der Waals surface area contributed by atoms with Crippen molar-refractivity contribution in [2.24, 2.45) is 5.92 Å². The summed E-state index contributed by atoms with van der Waals surface area (Å²) < 4.78 is 5.54. The summed E-state index contributed by atoms with van der Waals surface area (Å²) >= 11 is 6.03. The molecule has 8 heteroatoms. The molecule has 31 heavy (non-hydrogen) atoms. The van der Waals surface area contributed by atoms with E-state index in [9.17, 15) is 14.4 Å². The third-order valence-electron chi connectivity index (χ3n) is 5.56. The largest absolute Gasteiger partial charge is 0.376 e. The summed E-state index contributed by atoms with van der Waals surface area (Å²) in [6.45, 7) is 1.42. The van der Waals surface area contributed by atoms with Crippen LogP contribution in [0.5, 0.6) is 0 Å². The first-order valence-corrected chi connectivity index (χ1v) is 10.7. The Kier molecular flexibility index (Phi) is 6.53. The first-order valence-electron chi connectivity index (χ1n) is 10.4. The maximum atomic E-state index is 12.9. The fourth-order valence-corrected chi connectivity index (χ4v) is 4.09. The van der Waals surface area contributed by atoms with Crippen LogP contribution < -0.4 is 15.5 Å². The number of rotatable bonds is 6. The number of ether oxygens (including phenoxy) is 1. The van der Waals surface area contributed by atoms with Gasteiger partial charge in [0.15, 0.2) is 0 Å². The van der Waals surface area contributed by atoms with Gasteiger partial charge in [0.25, 0.3) is 5.91 Å². The molecule has 2 saturated heterocycles. The average Bonchev–Trinajstić information content (AvgIpc) is 3.42. The Bertz CT molecular complexity index is 990. The zero-order valence-corrected chi connectivity index (χ0v) is 17.7. The van der Waals surface area contributed by atoms with Crippen molar-refractivity contribution < 1.29 is 19.1 Å². The Morgan fingerprint density at radius 3 is 2.77 bits per heavy atom. The molecular formula is C23H24ClN3O4. The van der Waals surface area contributed by atoms with Crippen molar-refractivity contribution in [1.29, 1.82) is 0 Å². The third-order valence-corrected chi connectivity index (χ3v) is 5.79. The minimum absolute atomic E-state index is 0.0349. The van der Waals surface area contributed by atoms with Crippen LogP contribution in [0.4, 0.5) is 11.4 Å². The van der Waals surface area contributed by atoms with Gasteiger partial charge in [0.1, 0.15) is 0 Å². The van der Waals surface area contributed by atoms with E-state index in [2.05, 4.69) is 10.6 Å². The molecule has 7 nitrogen and oxygen atoms in total. The molecule has 3 amide bonds. The van der Waals surface area contributed by atoms with Crippen LogP contribution in [0.25, 0.3) is 0 Å². The van der Waals surface area contributed by atoms with Crippen molar-refractivity contribution in [3.05, 3.63) is 59.1 Å². The molecule has 2 aliphatic rings. The van der Waals surface area contributed by atoms with Gasteiger partial charge < -0.3 is 20.3 Å². The predicted molar refractivity (Wildman–Crippen MR) is 118 cm³/mol. The topological polar surface area (TPSA) is 87.7 Å². The number of carbonyl (C=O) groups is 3. The Labute approximate surface area is 185 Å². The minimum Gasteiger partial charge on any atom is -0.376 e. The molecule has 2 aromatic rings. The lowest BCUT2D eigenvalue weighted by atomic mass is 10.1. The molecular weight excluding hydrogens is 418 g/mol. The molecule has 4 rings (SSSR count). The van der Waals surface area contributed by atoms with Gasteiger partial charge >= 0.3 is 0 Å². The number of hydrogen-bond donors (Lipinski definition) is 2. The quantitative estimate of drug-likeness (QED) is 0.720. The van der Waals surface area contributed by atoms with Gasteiger partial charge in [-0.05, 0) is 43.2 Å². The summed E-state index contributed by atoms with van der Waals surface area (Å²) in [6, 6.07) is 13.8. The second-order valence-electron chi connectivity index (χ2n) is 7.77. The highest BCUT2D eigenvalue weighted by atomic mass is 35.5. The first kappa shape index (κ1) is 21.3. The smallest absolute Gasteiger partial charge is 0.253 e. The van der Waals surface area contributed by atoms with Crippen molar-refractivity contribution in [2.75, 3.05) is 29.9 Å². The van der Waals surface area contributed by atoms with E-state index < -0.39 is 5.92 Å². The fourth-order valence-electron chi connectivity index (χ4n) is 3.91. The molecule has 0 unspecified atom stereocenters. The van der Waals surface area contributed by atoms with Gasteiger partial charge in [0, 0.05) is 36.8 Å². The van der Waals surface area contributed by atoms with E-state index >= 15 is 0 Å². The fraction of sp³-hybridized carbons (Fsp3) is 0.348. The van der Waals surface area contributed by atoms with Gasteiger partial charge in [-0.2, -0.15) is 0 Å². The standard InChI is InChI=1S/C23H24ClN3O4/c24-16-5-3-6-17(12-16)27-14-15(11-21(27)28)22(29)26-20-9-2-1-8-19(20)23(30)25-13-18-7-4-10-31-18/h1-3,5-6,8-9,12,15,18H,4,7,10-11,13-14H2,(H,25,30)(H,26,29)/t15-,18-/m1/s1. The lowest BCUT2D eigenvalue weighted by Crippen LogP contribution is -2.33. The number of amides is 3. The molecule has 2 heterocycles. The van der Waals surface area contributed by atoms with Crippen molar-refractivity contribution >= 4 is 40.7 Å². The lowest BCUT2D eigenvalue weighted by Gasteiger charge is -2.17. The maximum absolute atomic E-state index is 12.9. The molecule has 2 fully saturated rings. The van der Waals surface area contributed by atoms with Gasteiger partial charge in [-0.3, -0.25) is 14.4 Å². The number of hydrogen-bond acceptors (Lipinski definition) is 4. The van der Waals surface area contributed by atoms with Crippen molar-refractivity contribution in [3.8, 4) is 0 Å². The molecule has 162 valence electrons. The first-order chi connectivity index (χ1) is 15.0. The van der Waals surface area contributed by atoms with E-state index in [1.165, 1.54) is 0 Å². The molecule has 0 aromatic heterocycles. The number of carbonyl (C=O) groups excluding carboxylic acids is 3. The molecule has 0 bridgehead atoms. The highest BCUT2D eigenvalue weighted by molar-refractivity contribution is 6.31. The zero-order valence-electron chi connectivity index (χ0n) is 17.0. The number of nitrogens with zero attached hydrogens (tertiary/aromatic N) is 1. The van der Waals surface area contributed by atoms with E-state index in [1.54, 1.807) is 53.4 Å². The highest BCUT2D eigenvalue weighted by Gasteiger charge is 2.35. The highest BCUT2D eigenvalue weighted by Crippen LogP contribution is 2.28. The third kappa shape index (κ3) is 5.06. The zero-order chi connectivity index (χ0) is 21.8. The second kappa shape index (κ2) is 9.49. The van der Waals surface area contributed by atoms with Gasteiger partial charge in [-0.1, -0.05) is 29.8 Å². The second-order valence-corrected chi connectivity index (χ2v) is 8.20. The Morgan fingerprint density at radius 2 is 2.00 bits per heavy atom. The molecule has 2 aromatic carbocycles.